The van der Waals surface area contributed by atoms with Crippen molar-refractivity contribution in [3.05, 3.63) is 34.9 Å². The lowest BCUT2D eigenvalue weighted by molar-refractivity contribution is -0.136. The number of piperidine rings is 1. The Kier molecular flexibility index (Phi) is 3.42. The smallest absolute Gasteiger partial charge is 0.230 e. The molecule has 1 saturated heterocycles. The third-order valence-corrected chi connectivity index (χ3v) is 3.26. The number of nitriles is 1. The van der Waals surface area contributed by atoms with Crippen LogP contribution in [-0.2, 0) is 16.0 Å². The Morgan fingerprint density at radius 1 is 1.44 bits per heavy atom. The second kappa shape index (κ2) is 5.01. The fourth-order valence-corrected chi connectivity index (χ4v) is 2.13. The van der Waals surface area contributed by atoms with Gasteiger partial charge in [0.25, 0.3) is 0 Å². The summed E-state index contributed by atoms with van der Waals surface area (Å²) in [5.74, 6) is -0.569. The zero-order valence-corrected chi connectivity index (χ0v) is 10.2. The van der Waals surface area contributed by atoms with Crippen LogP contribution < -0.4 is 5.32 Å². The van der Waals surface area contributed by atoms with Gasteiger partial charge in [-0.2, -0.15) is 5.26 Å². The van der Waals surface area contributed by atoms with Gasteiger partial charge in [0.2, 0.25) is 11.8 Å². The number of nitrogens with one attached hydrogen (secondary N) is 1. The van der Waals surface area contributed by atoms with Crippen LogP contribution in [0.5, 0.6) is 0 Å². The number of hydrogen-bond donors (Lipinski definition) is 1. The first-order chi connectivity index (χ1) is 8.60. The third-order valence-electron chi connectivity index (χ3n) is 3.26. The lowest BCUT2D eigenvalue weighted by atomic mass is 9.90. The Morgan fingerprint density at radius 3 is 2.89 bits per heavy atom. The molecular formula is C14H14N2O2. The summed E-state index contributed by atoms with van der Waals surface area (Å²) in [4.78, 5) is 22.7. The van der Waals surface area contributed by atoms with E-state index in [9.17, 15) is 9.59 Å². The molecule has 18 heavy (non-hydrogen) atoms. The van der Waals surface area contributed by atoms with Crippen molar-refractivity contribution < 1.29 is 9.59 Å². The van der Waals surface area contributed by atoms with Gasteiger partial charge in [0.15, 0.2) is 0 Å². The van der Waals surface area contributed by atoms with E-state index >= 15 is 0 Å². The minimum Gasteiger partial charge on any atom is -0.296 e. The van der Waals surface area contributed by atoms with Gasteiger partial charge in [0, 0.05) is 12.3 Å². The molecule has 0 spiro atoms. The molecule has 0 radical (unpaired) electrons. The lowest BCUT2D eigenvalue weighted by Gasteiger charge is -2.20. The number of imide groups is 1. The summed E-state index contributed by atoms with van der Waals surface area (Å²) in [5, 5.41) is 11.3. The first-order valence-electron chi connectivity index (χ1n) is 5.93. The van der Waals surface area contributed by atoms with E-state index in [1.807, 2.05) is 25.1 Å². The molecule has 4 heteroatoms. The molecule has 2 rings (SSSR count). The topological polar surface area (TPSA) is 70.0 Å². The molecule has 1 aliphatic heterocycles. The average Bonchev–Trinajstić information content (AvgIpc) is 2.35. The molecule has 92 valence electrons. The Hall–Kier alpha value is -2.15. The molecule has 2 amide bonds. The first-order valence-corrected chi connectivity index (χ1v) is 5.93. The minimum atomic E-state index is -0.203. The molecule has 0 aliphatic carbocycles. The standard InChI is InChI=1S/C14H14N2O2/c1-9-2-3-10(7-12(9)8-15)6-11-4-5-13(17)16-14(11)18/h2-3,7,11H,4-6H2,1H3,(H,16,17,18). The zero-order valence-electron chi connectivity index (χ0n) is 10.2. The van der Waals surface area contributed by atoms with Crippen LogP contribution in [0.1, 0.15) is 29.5 Å². The summed E-state index contributed by atoms with van der Waals surface area (Å²) < 4.78 is 0. The number of carbonyl (C=O) groups is 2. The predicted molar refractivity (Wildman–Crippen MR) is 65.5 cm³/mol. The van der Waals surface area contributed by atoms with Crippen molar-refractivity contribution in [3.63, 3.8) is 0 Å². The van der Waals surface area contributed by atoms with Crippen LogP contribution in [0.15, 0.2) is 18.2 Å². The van der Waals surface area contributed by atoms with E-state index in [4.69, 9.17) is 5.26 Å². The van der Waals surface area contributed by atoms with Crippen LogP contribution in [-0.4, -0.2) is 11.8 Å². The highest BCUT2D eigenvalue weighted by atomic mass is 16.2. The fourth-order valence-electron chi connectivity index (χ4n) is 2.13. The first kappa shape index (κ1) is 12.3. The maximum Gasteiger partial charge on any atom is 0.230 e. The molecule has 1 aromatic rings. The highest BCUT2D eigenvalue weighted by Gasteiger charge is 2.26. The van der Waals surface area contributed by atoms with Gasteiger partial charge in [0.1, 0.15) is 0 Å². The molecule has 4 nitrogen and oxygen atoms in total. The number of carbonyl (C=O) groups excluding carboxylic acids is 2. The summed E-state index contributed by atoms with van der Waals surface area (Å²) in [7, 11) is 0. The van der Waals surface area contributed by atoms with Crippen molar-refractivity contribution in [2.45, 2.75) is 26.2 Å². The molecule has 1 atom stereocenters. The second-order valence-corrected chi connectivity index (χ2v) is 4.61. The molecule has 1 unspecified atom stereocenters. The number of aryl methyl sites for hydroxylation is 1. The monoisotopic (exact) mass is 242 g/mol. The van der Waals surface area contributed by atoms with Gasteiger partial charge in [-0.25, -0.2) is 0 Å². The van der Waals surface area contributed by atoms with Crippen molar-refractivity contribution >= 4 is 11.8 Å². The van der Waals surface area contributed by atoms with Crippen molar-refractivity contribution in [2.24, 2.45) is 5.92 Å². The number of nitrogens with zero attached hydrogens (tertiary/aromatic N) is 1. The fraction of sp³-hybridized carbons (Fsp3) is 0.357. The number of hydrogen-bond acceptors (Lipinski definition) is 3. The number of benzene rings is 1. The van der Waals surface area contributed by atoms with Crippen LogP contribution >= 0.6 is 0 Å². The van der Waals surface area contributed by atoms with Gasteiger partial charge < -0.3 is 0 Å². The molecular weight excluding hydrogens is 228 g/mol. The van der Waals surface area contributed by atoms with Crippen LogP contribution in [0.3, 0.4) is 0 Å². The molecule has 1 heterocycles. The van der Waals surface area contributed by atoms with Crippen molar-refractivity contribution in [1.82, 2.24) is 5.32 Å². The Balaban J connectivity index is 2.12. The maximum absolute atomic E-state index is 11.6. The third kappa shape index (κ3) is 2.57. The molecule has 1 aromatic carbocycles. The van der Waals surface area contributed by atoms with E-state index in [0.29, 0.717) is 24.8 Å². The quantitative estimate of drug-likeness (QED) is 0.798. The van der Waals surface area contributed by atoms with Crippen LogP contribution in [0.4, 0.5) is 0 Å². The highest BCUT2D eigenvalue weighted by molar-refractivity contribution is 5.98. The van der Waals surface area contributed by atoms with Gasteiger partial charge in [-0.15, -0.1) is 0 Å². The van der Waals surface area contributed by atoms with Gasteiger partial charge >= 0.3 is 0 Å². The molecule has 0 bridgehead atoms. The van der Waals surface area contributed by atoms with Crippen LogP contribution in [0.25, 0.3) is 0 Å². The molecule has 0 aromatic heterocycles. The van der Waals surface area contributed by atoms with E-state index < -0.39 is 0 Å². The number of rotatable bonds is 2. The number of amides is 2. The molecule has 1 fully saturated rings. The van der Waals surface area contributed by atoms with Crippen molar-refractivity contribution in [3.8, 4) is 6.07 Å². The van der Waals surface area contributed by atoms with Gasteiger partial charge in [-0.1, -0.05) is 12.1 Å². The summed E-state index contributed by atoms with van der Waals surface area (Å²) in [5.41, 5.74) is 2.54. The largest absolute Gasteiger partial charge is 0.296 e. The Morgan fingerprint density at radius 2 is 2.22 bits per heavy atom. The maximum atomic E-state index is 11.6. The highest BCUT2D eigenvalue weighted by Crippen LogP contribution is 2.19. The Labute approximate surface area is 106 Å². The normalized spacial score (nSPS) is 19.2. The summed E-state index contributed by atoms with van der Waals surface area (Å²) in [6.45, 7) is 1.88. The van der Waals surface area contributed by atoms with E-state index in [0.717, 1.165) is 11.1 Å². The van der Waals surface area contributed by atoms with Crippen molar-refractivity contribution in [1.29, 1.82) is 5.26 Å². The molecule has 1 N–H and O–H groups in total. The van der Waals surface area contributed by atoms with E-state index in [1.54, 1.807) is 0 Å². The second-order valence-electron chi connectivity index (χ2n) is 4.61. The van der Waals surface area contributed by atoms with Crippen LogP contribution in [0.2, 0.25) is 0 Å². The molecule has 0 saturated carbocycles. The van der Waals surface area contributed by atoms with E-state index in [1.165, 1.54) is 0 Å². The van der Waals surface area contributed by atoms with E-state index in [2.05, 4.69) is 11.4 Å². The van der Waals surface area contributed by atoms with Gasteiger partial charge in [-0.05, 0) is 37.0 Å². The average molecular weight is 242 g/mol. The Bertz CT molecular complexity index is 543. The van der Waals surface area contributed by atoms with Gasteiger partial charge in [0.05, 0.1) is 11.6 Å². The summed E-state index contributed by atoms with van der Waals surface area (Å²) >= 11 is 0. The summed E-state index contributed by atoms with van der Waals surface area (Å²) in [6.07, 6.45) is 1.56. The molecule has 1 aliphatic rings. The predicted octanol–water partition coefficient (Wildman–Crippen LogP) is 1.46. The zero-order chi connectivity index (χ0) is 13.1. The summed E-state index contributed by atoms with van der Waals surface area (Å²) in [6, 6.07) is 7.77. The van der Waals surface area contributed by atoms with Crippen molar-refractivity contribution in [2.75, 3.05) is 0 Å². The van der Waals surface area contributed by atoms with Gasteiger partial charge in [-0.3, -0.25) is 14.9 Å². The van der Waals surface area contributed by atoms with E-state index in [-0.39, 0.29) is 17.7 Å². The SMILES string of the molecule is Cc1ccc(CC2CCC(=O)NC2=O)cc1C#N. The lowest BCUT2D eigenvalue weighted by Crippen LogP contribution is -2.41. The minimum absolute atomic E-state index is 0.169. The van der Waals surface area contributed by atoms with Crippen LogP contribution in [0, 0.1) is 24.2 Å².